The summed E-state index contributed by atoms with van der Waals surface area (Å²) in [6.45, 7) is 1.11. The van der Waals surface area contributed by atoms with E-state index >= 15 is 0 Å². The molecule has 0 N–H and O–H groups in total. The Kier molecular flexibility index (Phi) is 3.43. The minimum absolute atomic E-state index is 0.0732. The standard InChI is InChI=1S/C13H6F3NO4/c1-6(18)20-7-2-3-8-10(4-7)21-12(19)9(5-17)11(8)13(14,15)16/h2-4H,1H3. The summed E-state index contributed by atoms with van der Waals surface area (Å²) in [7, 11) is 0. The number of carbonyl (C=O) groups is 1. The fourth-order valence-corrected chi connectivity index (χ4v) is 1.81. The van der Waals surface area contributed by atoms with Crippen LogP contribution >= 0.6 is 0 Å². The van der Waals surface area contributed by atoms with E-state index in [0.717, 1.165) is 25.1 Å². The van der Waals surface area contributed by atoms with Crippen molar-refractivity contribution in [1.29, 1.82) is 5.26 Å². The van der Waals surface area contributed by atoms with Gasteiger partial charge in [0, 0.05) is 18.4 Å². The summed E-state index contributed by atoms with van der Waals surface area (Å²) in [6.07, 6.45) is -4.90. The summed E-state index contributed by atoms with van der Waals surface area (Å²) >= 11 is 0. The smallest absolute Gasteiger partial charge is 0.418 e. The molecule has 0 saturated heterocycles. The molecule has 2 rings (SSSR count). The number of ether oxygens (including phenoxy) is 1. The van der Waals surface area contributed by atoms with Gasteiger partial charge in [0.2, 0.25) is 0 Å². The van der Waals surface area contributed by atoms with Crippen LogP contribution in [0.5, 0.6) is 5.75 Å². The maximum absolute atomic E-state index is 13.0. The predicted octanol–water partition coefficient (Wildman–Crippen LogP) is 2.61. The molecule has 0 radical (unpaired) electrons. The first-order valence-corrected chi connectivity index (χ1v) is 5.50. The Bertz CT molecular complexity index is 830. The van der Waals surface area contributed by atoms with Gasteiger partial charge in [-0.15, -0.1) is 0 Å². The van der Waals surface area contributed by atoms with E-state index in [0.29, 0.717) is 0 Å². The minimum atomic E-state index is -4.90. The molecule has 0 aliphatic carbocycles. The SMILES string of the molecule is CC(=O)Oc1ccc2c(C(F)(F)F)c(C#N)c(=O)oc2c1. The highest BCUT2D eigenvalue weighted by atomic mass is 19.4. The third-order valence-corrected chi connectivity index (χ3v) is 2.54. The van der Waals surface area contributed by atoms with E-state index < -0.39 is 39.9 Å². The fourth-order valence-electron chi connectivity index (χ4n) is 1.81. The summed E-state index contributed by atoms with van der Waals surface area (Å²) in [5.74, 6) is -0.752. The Morgan fingerprint density at radius 3 is 2.57 bits per heavy atom. The molecule has 8 heteroatoms. The molecule has 5 nitrogen and oxygen atoms in total. The molecule has 21 heavy (non-hydrogen) atoms. The lowest BCUT2D eigenvalue weighted by atomic mass is 10.0. The highest BCUT2D eigenvalue weighted by molar-refractivity contribution is 5.84. The average Bonchev–Trinajstić information content (AvgIpc) is 2.34. The molecule has 0 saturated carbocycles. The predicted molar refractivity (Wildman–Crippen MR) is 63.5 cm³/mol. The minimum Gasteiger partial charge on any atom is -0.427 e. The van der Waals surface area contributed by atoms with E-state index in [9.17, 15) is 22.8 Å². The van der Waals surface area contributed by atoms with Crippen LogP contribution in [0.25, 0.3) is 11.0 Å². The van der Waals surface area contributed by atoms with Crippen molar-refractivity contribution in [2.45, 2.75) is 13.1 Å². The molecule has 1 aromatic heterocycles. The Hall–Kier alpha value is -2.82. The van der Waals surface area contributed by atoms with Crippen molar-refractivity contribution in [2.75, 3.05) is 0 Å². The van der Waals surface area contributed by atoms with Crippen LogP contribution in [0.4, 0.5) is 13.2 Å². The Morgan fingerprint density at radius 1 is 1.38 bits per heavy atom. The summed E-state index contributed by atoms with van der Waals surface area (Å²) < 4.78 is 48.5. The highest BCUT2D eigenvalue weighted by Gasteiger charge is 2.38. The molecule has 0 fully saturated rings. The second-order valence-corrected chi connectivity index (χ2v) is 4.00. The van der Waals surface area contributed by atoms with Crippen molar-refractivity contribution in [1.82, 2.24) is 0 Å². The topological polar surface area (TPSA) is 80.3 Å². The van der Waals surface area contributed by atoms with E-state index in [1.807, 2.05) is 0 Å². The molecule has 108 valence electrons. The van der Waals surface area contributed by atoms with Gasteiger partial charge in [0.25, 0.3) is 0 Å². The first-order chi connectivity index (χ1) is 9.74. The van der Waals surface area contributed by atoms with Crippen LogP contribution in [0.1, 0.15) is 18.1 Å². The van der Waals surface area contributed by atoms with Gasteiger partial charge in [-0.1, -0.05) is 0 Å². The van der Waals surface area contributed by atoms with Gasteiger partial charge in [0.15, 0.2) is 5.56 Å². The van der Waals surface area contributed by atoms with Crippen molar-refractivity contribution in [2.24, 2.45) is 0 Å². The van der Waals surface area contributed by atoms with Crippen LogP contribution in [0, 0.1) is 11.3 Å². The largest absolute Gasteiger partial charge is 0.427 e. The fraction of sp³-hybridized carbons (Fsp3) is 0.154. The molecule has 0 amide bonds. The van der Waals surface area contributed by atoms with Crippen LogP contribution in [-0.2, 0) is 11.0 Å². The van der Waals surface area contributed by atoms with Crippen LogP contribution < -0.4 is 10.4 Å². The van der Waals surface area contributed by atoms with Gasteiger partial charge in [0.1, 0.15) is 17.4 Å². The molecule has 0 spiro atoms. The number of esters is 1. The van der Waals surface area contributed by atoms with E-state index in [1.165, 1.54) is 6.07 Å². The van der Waals surface area contributed by atoms with Gasteiger partial charge in [-0.3, -0.25) is 4.79 Å². The van der Waals surface area contributed by atoms with Gasteiger partial charge in [-0.25, -0.2) is 4.79 Å². The number of benzene rings is 1. The van der Waals surface area contributed by atoms with E-state index in [1.54, 1.807) is 0 Å². The van der Waals surface area contributed by atoms with E-state index in [4.69, 9.17) is 10.00 Å². The Morgan fingerprint density at radius 2 is 2.05 bits per heavy atom. The molecule has 0 aliphatic rings. The number of hydrogen-bond donors (Lipinski definition) is 0. The van der Waals surface area contributed by atoms with Gasteiger partial charge in [-0.2, -0.15) is 18.4 Å². The van der Waals surface area contributed by atoms with Gasteiger partial charge < -0.3 is 9.15 Å². The molecular formula is C13H6F3NO4. The second-order valence-electron chi connectivity index (χ2n) is 4.00. The first-order valence-electron chi connectivity index (χ1n) is 5.50. The normalized spacial score (nSPS) is 11.2. The lowest BCUT2D eigenvalue weighted by Gasteiger charge is -2.11. The third kappa shape index (κ3) is 2.72. The lowest BCUT2D eigenvalue weighted by molar-refractivity contribution is -0.137. The van der Waals surface area contributed by atoms with Gasteiger partial charge >= 0.3 is 17.8 Å². The number of nitriles is 1. The average molecular weight is 297 g/mol. The summed E-state index contributed by atoms with van der Waals surface area (Å²) in [5.41, 5.74) is -4.32. The maximum atomic E-state index is 13.0. The van der Waals surface area contributed by atoms with Crippen molar-refractivity contribution in [3.8, 4) is 11.8 Å². The van der Waals surface area contributed by atoms with Gasteiger partial charge in [-0.05, 0) is 12.1 Å². The third-order valence-electron chi connectivity index (χ3n) is 2.54. The number of nitrogens with zero attached hydrogens (tertiary/aromatic N) is 1. The molecule has 0 bridgehead atoms. The molecular weight excluding hydrogens is 291 g/mol. The first kappa shape index (κ1) is 14.6. The molecule has 1 heterocycles. The van der Waals surface area contributed by atoms with Crippen molar-refractivity contribution < 1.29 is 27.1 Å². The van der Waals surface area contributed by atoms with Crippen LogP contribution in [0.3, 0.4) is 0 Å². The quantitative estimate of drug-likeness (QED) is 0.459. The number of alkyl halides is 3. The van der Waals surface area contributed by atoms with Crippen molar-refractivity contribution >= 4 is 16.9 Å². The molecule has 0 unspecified atom stereocenters. The van der Waals surface area contributed by atoms with Crippen molar-refractivity contribution in [3.63, 3.8) is 0 Å². The zero-order valence-electron chi connectivity index (χ0n) is 10.4. The molecule has 0 atom stereocenters. The zero-order valence-corrected chi connectivity index (χ0v) is 10.4. The maximum Gasteiger partial charge on any atom is 0.418 e. The second kappa shape index (κ2) is 4.94. The zero-order chi connectivity index (χ0) is 15.8. The Labute approximate surface area is 115 Å². The number of rotatable bonds is 1. The summed E-state index contributed by atoms with van der Waals surface area (Å²) in [4.78, 5) is 22.3. The molecule has 0 aliphatic heterocycles. The van der Waals surface area contributed by atoms with Crippen LogP contribution in [0.15, 0.2) is 27.4 Å². The Balaban J connectivity index is 2.83. The number of halogens is 3. The summed E-state index contributed by atoms with van der Waals surface area (Å²) in [5, 5.41) is 8.25. The van der Waals surface area contributed by atoms with Crippen LogP contribution in [-0.4, -0.2) is 5.97 Å². The highest BCUT2D eigenvalue weighted by Crippen LogP contribution is 2.36. The number of carbonyl (C=O) groups excluding carboxylic acids is 1. The van der Waals surface area contributed by atoms with Crippen molar-refractivity contribution in [3.05, 3.63) is 39.7 Å². The van der Waals surface area contributed by atoms with Crippen LogP contribution in [0.2, 0.25) is 0 Å². The number of hydrogen-bond acceptors (Lipinski definition) is 5. The molecule has 1 aromatic carbocycles. The van der Waals surface area contributed by atoms with E-state index in [-0.39, 0.29) is 5.75 Å². The lowest BCUT2D eigenvalue weighted by Crippen LogP contribution is -2.16. The van der Waals surface area contributed by atoms with E-state index in [2.05, 4.69) is 4.42 Å². The molecule has 2 aromatic rings. The summed E-state index contributed by atoms with van der Waals surface area (Å²) in [6, 6.07) is 4.26. The van der Waals surface area contributed by atoms with Gasteiger partial charge in [0.05, 0.1) is 5.56 Å². The monoisotopic (exact) mass is 297 g/mol. The number of fused-ring (bicyclic) bond motifs is 1.